The molecular weight excluding hydrogens is 392 g/mol. The minimum Gasteiger partial charge on any atom is -0.271 e. The van der Waals surface area contributed by atoms with E-state index in [0.717, 1.165) is 37.5 Å². The van der Waals surface area contributed by atoms with Crippen molar-refractivity contribution in [3.63, 3.8) is 0 Å². The van der Waals surface area contributed by atoms with Gasteiger partial charge in [-0.2, -0.15) is 0 Å². The van der Waals surface area contributed by atoms with Crippen molar-refractivity contribution in [1.82, 2.24) is 4.90 Å². The SMILES string of the molecule is CCCCCC1CCC(C2CCC(N3C(=O)c4ccc([N+](=O)[O-])cc4C3=O)CC2)CC1. The number of amides is 2. The highest BCUT2D eigenvalue weighted by atomic mass is 16.6. The summed E-state index contributed by atoms with van der Waals surface area (Å²) in [7, 11) is 0. The predicted octanol–water partition coefficient (Wildman–Crippen LogP) is 6.14. The van der Waals surface area contributed by atoms with E-state index < -0.39 is 4.92 Å². The monoisotopic (exact) mass is 426 g/mol. The topological polar surface area (TPSA) is 80.5 Å². The van der Waals surface area contributed by atoms with Gasteiger partial charge < -0.3 is 0 Å². The molecule has 0 unspecified atom stereocenters. The summed E-state index contributed by atoms with van der Waals surface area (Å²) in [4.78, 5) is 37.6. The fraction of sp³-hybridized carbons (Fsp3) is 0.680. The molecule has 2 amide bonds. The number of non-ortho nitro benzene ring substituents is 1. The van der Waals surface area contributed by atoms with Crippen LogP contribution >= 0.6 is 0 Å². The van der Waals surface area contributed by atoms with E-state index in [1.54, 1.807) is 0 Å². The van der Waals surface area contributed by atoms with Crippen LogP contribution < -0.4 is 0 Å². The maximum absolute atomic E-state index is 12.9. The second-order valence-corrected chi connectivity index (χ2v) is 9.81. The van der Waals surface area contributed by atoms with E-state index >= 15 is 0 Å². The average molecular weight is 427 g/mol. The molecule has 168 valence electrons. The normalized spacial score (nSPS) is 28.6. The van der Waals surface area contributed by atoms with Crippen LogP contribution in [0.2, 0.25) is 0 Å². The molecule has 3 aliphatic rings. The van der Waals surface area contributed by atoms with Crippen LogP contribution in [0.15, 0.2) is 18.2 Å². The van der Waals surface area contributed by atoms with Crippen molar-refractivity contribution in [3.05, 3.63) is 39.4 Å². The van der Waals surface area contributed by atoms with E-state index in [2.05, 4.69) is 6.92 Å². The second-order valence-electron chi connectivity index (χ2n) is 9.81. The van der Waals surface area contributed by atoms with Crippen molar-refractivity contribution in [2.45, 2.75) is 90.0 Å². The number of nitro groups is 1. The third-order valence-corrected chi connectivity index (χ3v) is 7.99. The number of rotatable bonds is 7. The first-order chi connectivity index (χ1) is 15.0. The first-order valence-corrected chi connectivity index (χ1v) is 12.2. The lowest BCUT2D eigenvalue weighted by atomic mass is 9.69. The Labute approximate surface area is 184 Å². The Kier molecular flexibility index (Phi) is 6.73. The molecule has 0 atom stereocenters. The Morgan fingerprint density at radius 1 is 0.903 bits per heavy atom. The summed E-state index contributed by atoms with van der Waals surface area (Å²) in [6.07, 6.45) is 14.7. The molecule has 4 rings (SSSR count). The van der Waals surface area contributed by atoms with E-state index in [1.807, 2.05) is 0 Å². The van der Waals surface area contributed by atoms with Gasteiger partial charge >= 0.3 is 0 Å². The van der Waals surface area contributed by atoms with Gasteiger partial charge in [-0.3, -0.25) is 24.6 Å². The number of imide groups is 1. The van der Waals surface area contributed by atoms with E-state index in [-0.39, 0.29) is 29.1 Å². The Balaban J connectivity index is 1.31. The molecule has 2 fully saturated rings. The smallest absolute Gasteiger partial charge is 0.270 e. The minimum atomic E-state index is -0.523. The van der Waals surface area contributed by atoms with Crippen molar-refractivity contribution in [3.8, 4) is 0 Å². The van der Waals surface area contributed by atoms with E-state index in [4.69, 9.17) is 0 Å². The summed E-state index contributed by atoms with van der Waals surface area (Å²) in [5, 5.41) is 11.0. The number of nitro benzene ring substituents is 1. The highest BCUT2D eigenvalue weighted by Crippen LogP contribution is 2.43. The zero-order chi connectivity index (χ0) is 22.0. The third-order valence-electron chi connectivity index (χ3n) is 7.99. The van der Waals surface area contributed by atoms with E-state index in [9.17, 15) is 19.7 Å². The number of benzene rings is 1. The fourth-order valence-corrected chi connectivity index (χ4v) is 6.16. The third kappa shape index (κ3) is 4.53. The van der Waals surface area contributed by atoms with Crippen molar-refractivity contribution >= 4 is 17.5 Å². The first-order valence-electron chi connectivity index (χ1n) is 12.2. The summed E-state index contributed by atoms with van der Waals surface area (Å²) in [6, 6.07) is 3.91. The Bertz CT molecular complexity index is 836. The van der Waals surface area contributed by atoms with Crippen molar-refractivity contribution in [2.75, 3.05) is 0 Å². The van der Waals surface area contributed by atoms with Crippen molar-refractivity contribution in [1.29, 1.82) is 0 Å². The molecule has 1 aliphatic heterocycles. The lowest BCUT2D eigenvalue weighted by Crippen LogP contribution is -2.42. The van der Waals surface area contributed by atoms with Gasteiger partial charge in [0.05, 0.1) is 16.1 Å². The van der Waals surface area contributed by atoms with Gasteiger partial charge in [-0.05, 0) is 62.3 Å². The quantitative estimate of drug-likeness (QED) is 0.227. The molecule has 6 heteroatoms. The summed E-state index contributed by atoms with van der Waals surface area (Å²) >= 11 is 0. The molecular formula is C25H34N2O4. The van der Waals surface area contributed by atoms with Gasteiger partial charge in [-0.15, -0.1) is 0 Å². The fourth-order valence-electron chi connectivity index (χ4n) is 6.16. The van der Waals surface area contributed by atoms with Crippen LogP contribution in [-0.2, 0) is 0 Å². The second kappa shape index (κ2) is 9.49. The molecule has 0 bridgehead atoms. The molecule has 1 aromatic carbocycles. The predicted molar refractivity (Wildman–Crippen MR) is 119 cm³/mol. The Morgan fingerprint density at radius 3 is 2.13 bits per heavy atom. The number of hydrogen-bond acceptors (Lipinski definition) is 4. The van der Waals surface area contributed by atoms with Crippen LogP contribution in [0.25, 0.3) is 0 Å². The Morgan fingerprint density at radius 2 is 1.52 bits per heavy atom. The molecule has 0 radical (unpaired) electrons. The highest BCUT2D eigenvalue weighted by Gasteiger charge is 2.42. The summed E-state index contributed by atoms with van der Waals surface area (Å²) in [5.41, 5.74) is 0.345. The van der Waals surface area contributed by atoms with Crippen molar-refractivity contribution in [2.24, 2.45) is 17.8 Å². The molecule has 31 heavy (non-hydrogen) atoms. The molecule has 2 saturated carbocycles. The summed E-state index contributed by atoms with van der Waals surface area (Å²) in [5.74, 6) is 1.78. The summed E-state index contributed by atoms with van der Waals surface area (Å²) < 4.78 is 0. The molecule has 0 saturated heterocycles. The highest BCUT2D eigenvalue weighted by molar-refractivity contribution is 6.21. The largest absolute Gasteiger partial charge is 0.271 e. The molecule has 1 heterocycles. The zero-order valence-corrected chi connectivity index (χ0v) is 18.6. The molecule has 6 nitrogen and oxygen atoms in total. The zero-order valence-electron chi connectivity index (χ0n) is 18.6. The van der Waals surface area contributed by atoms with Gasteiger partial charge in [0.1, 0.15) is 0 Å². The minimum absolute atomic E-state index is 0.0758. The molecule has 0 N–H and O–H groups in total. The number of hydrogen-bond donors (Lipinski definition) is 0. The lowest BCUT2D eigenvalue weighted by Gasteiger charge is -2.39. The van der Waals surface area contributed by atoms with Gasteiger partial charge in [-0.1, -0.05) is 45.4 Å². The van der Waals surface area contributed by atoms with Gasteiger partial charge in [0.25, 0.3) is 17.5 Å². The maximum atomic E-state index is 12.9. The first kappa shape index (κ1) is 22.0. The number of nitrogens with zero attached hydrogens (tertiary/aromatic N) is 2. The number of carbonyl (C=O) groups is 2. The van der Waals surface area contributed by atoms with Gasteiger partial charge in [-0.25, -0.2) is 0 Å². The van der Waals surface area contributed by atoms with Crippen LogP contribution in [0, 0.1) is 27.9 Å². The number of fused-ring (bicyclic) bond motifs is 1. The summed E-state index contributed by atoms with van der Waals surface area (Å²) in [6.45, 7) is 2.26. The van der Waals surface area contributed by atoms with Crippen LogP contribution in [0.4, 0.5) is 5.69 Å². The average Bonchev–Trinajstić information content (AvgIpc) is 3.04. The number of carbonyl (C=O) groups excluding carboxylic acids is 2. The number of unbranched alkanes of at least 4 members (excludes halogenated alkanes) is 2. The van der Waals surface area contributed by atoms with Gasteiger partial charge in [0.2, 0.25) is 0 Å². The van der Waals surface area contributed by atoms with E-state index in [0.29, 0.717) is 11.5 Å². The van der Waals surface area contributed by atoms with Crippen molar-refractivity contribution < 1.29 is 14.5 Å². The maximum Gasteiger partial charge on any atom is 0.270 e. The van der Waals surface area contributed by atoms with Crippen LogP contribution in [-0.4, -0.2) is 27.7 Å². The standard InChI is InChI=1S/C25H34N2O4/c1-2-3-4-5-17-6-8-18(9-7-17)19-10-12-20(13-11-19)26-24(28)22-15-14-21(27(30)31)16-23(22)25(26)29/h14-20H,2-13H2,1H3. The van der Waals surface area contributed by atoms with Gasteiger partial charge in [0, 0.05) is 18.2 Å². The van der Waals surface area contributed by atoms with Crippen LogP contribution in [0.1, 0.15) is 105 Å². The molecule has 0 aromatic heterocycles. The molecule has 0 spiro atoms. The lowest BCUT2D eigenvalue weighted by molar-refractivity contribution is -0.384. The van der Waals surface area contributed by atoms with E-state index in [1.165, 1.54) is 74.5 Å². The van der Waals surface area contributed by atoms with Crippen LogP contribution in [0.5, 0.6) is 0 Å². The molecule has 1 aromatic rings. The van der Waals surface area contributed by atoms with Crippen LogP contribution in [0.3, 0.4) is 0 Å². The molecule has 2 aliphatic carbocycles. The van der Waals surface area contributed by atoms with Gasteiger partial charge in [0.15, 0.2) is 0 Å². The Hall–Kier alpha value is -2.24.